The quantitative estimate of drug-likeness (QED) is 0.263. The van der Waals surface area contributed by atoms with Gasteiger partial charge in [-0.1, -0.05) is 11.6 Å². The molecule has 1 rings (SSSR count). The number of hydrogen-bond acceptors (Lipinski definition) is 5. The minimum absolute atomic E-state index is 0.0689. The number of nitrogens with one attached hydrogen (secondary N) is 2. The number of aromatic hydroxyl groups is 1. The molecule has 0 aliphatic heterocycles. The third-order valence-electron chi connectivity index (χ3n) is 2.55. The summed E-state index contributed by atoms with van der Waals surface area (Å²) in [5, 5.41) is 32.4. The molecule has 0 saturated carbocycles. The average Bonchev–Trinajstić information content (AvgIpc) is 2.47. The van der Waals surface area contributed by atoms with Crippen LogP contribution in [0.4, 0.5) is 5.69 Å². The van der Waals surface area contributed by atoms with Crippen LogP contribution in [0.1, 0.15) is 12.8 Å². The molecule has 7 nitrogen and oxygen atoms in total. The number of aliphatic carboxylic acids is 1. The second-order valence-corrected chi connectivity index (χ2v) is 4.67. The SMILES string of the molecule is N#C/C(=C/Nc1cc(Cl)ccc1O)C(=O)NCCCC(=O)O. The lowest BCUT2D eigenvalue weighted by molar-refractivity contribution is -0.137. The van der Waals surface area contributed by atoms with Crippen molar-refractivity contribution in [3.05, 3.63) is 35.0 Å². The summed E-state index contributed by atoms with van der Waals surface area (Å²) in [5.74, 6) is -1.68. The summed E-state index contributed by atoms with van der Waals surface area (Å²) in [7, 11) is 0. The van der Waals surface area contributed by atoms with E-state index in [0.29, 0.717) is 5.02 Å². The lowest BCUT2D eigenvalue weighted by Gasteiger charge is -2.06. The molecule has 0 bridgehead atoms. The van der Waals surface area contributed by atoms with Crippen molar-refractivity contribution in [1.82, 2.24) is 5.32 Å². The molecule has 1 aromatic carbocycles. The molecule has 0 aromatic heterocycles. The molecule has 1 aromatic rings. The first kappa shape index (κ1) is 17.3. The van der Waals surface area contributed by atoms with E-state index in [1.807, 2.05) is 0 Å². The Morgan fingerprint density at radius 3 is 2.77 bits per heavy atom. The van der Waals surface area contributed by atoms with Crippen LogP contribution in [0, 0.1) is 11.3 Å². The van der Waals surface area contributed by atoms with Crippen molar-refractivity contribution in [3.63, 3.8) is 0 Å². The minimum atomic E-state index is -0.955. The highest BCUT2D eigenvalue weighted by atomic mass is 35.5. The summed E-state index contributed by atoms with van der Waals surface area (Å²) in [6.45, 7) is 0.145. The van der Waals surface area contributed by atoms with Gasteiger partial charge in [-0.05, 0) is 24.6 Å². The molecular weight excluding hydrogens is 310 g/mol. The Labute approximate surface area is 131 Å². The van der Waals surface area contributed by atoms with Gasteiger partial charge < -0.3 is 20.8 Å². The van der Waals surface area contributed by atoms with Crippen LogP contribution in [0.25, 0.3) is 0 Å². The lowest BCUT2D eigenvalue weighted by atomic mass is 10.2. The first-order valence-corrected chi connectivity index (χ1v) is 6.67. The predicted octanol–water partition coefficient (Wildman–Crippen LogP) is 1.85. The molecule has 0 aliphatic rings. The number of carbonyl (C=O) groups is 2. The molecule has 22 heavy (non-hydrogen) atoms. The van der Waals surface area contributed by atoms with Gasteiger partial charge in [-0.25, -0.2) is 0 Å². The van der Waals surface area contributed by atoms with Crippen LogP contribution in [0.5, 0.6) is 5.75 Å². The molecule has 0 saturated heterocycles. The van der Waals surface area contributed by atoms with E-state index < -0.39 is 11.9 Å². The Kier molecular flexibility index (Phi) is 6.73. The number of rotatable bonds is 7. The highest BCUT2D eigenvalue weighted by Gasteiger charge is 2.09. The molecule has 8 heteroatoms. The van der Waals surface area contributed by atoms with Crippen molar-refractivity contribution in [2.45, 2.75) is 12.8 Å². The number of nitrogens with zero attached hydrogens (tertiary/aromatic N) is 1. The van der Waals surface area contributed by atoms with Crippen LogP contribution in [-0.4, -0.2) is 28.6 Å². The second-order valence-electron chi connectivity index (χ2n) is 4.23. The van der Waals surface area contributed by atoms with Crippen molar-refractivity contribution in [3.8, 4) is 11.8 Å². The van der Waals surface area contributed by atoms with Gasteiger partial charge in [0.1, 0.15) is 17.4 Å². The summed E-state index contributed by atoms with van der Waals surface area (Å²) in [4.78, 5) is 22.0. The first-order chi connectivity index (χ1) is 10.4. The molecule has 0 unspecified atom stereocenters. The van der Waals surface area contributed by atoms with Gasteiger partial charge in [0.2, 0.25) is 0 Å². The summed E-state index contributed by atoms with van der Waals surface area (Å²) >= 11 is 5.77. The normalized spacial score (nSPS) is 10.6. The highest BCUT2D eigenvalue weighted by molar-refractivity contribution is 6.30. The van der Waals surface area contributed by atoms with Gasteiger partial charge in [0, 0.05) is 24.2 Å². The largest absolute Gasteiger partial charge is 0.506 e. The summed E-state index contributed by atoms with van der Waals surface area (Å²) in [6, 6.07) is 6.01. The molecule has 0 radical (unpaired) electrons. The van der Waals surface area contributed by atoms with Crippen molar-refractivity contribution in [1.29, 1.82) is 5.26 Å². The maximum absolute atomic E-state index is 11.7. The third-order valence-corrected chi connectivity index (χ3v) is 2.78. The van der Waals surface area contributed by atoms with E-state index in [0.717, 1.165) is 6.20 Å². The van der Waals surface area contributed by atoms with Gasteiger partial charge in [-0.2, -0.15) is 5.26 Å². The lowest BCUT2D eigenvalue weighted by Crippen LogP contribution is -2.26. The Morgan fingerprint density at radius 1 is 1.41 bits per heavy atom. The molecule has 1 amide bonds. The van der Waals surface area contributed by atoms with Gasteiger partial charge in [0.25, 0.3) is 5.91 Å². The predicted molar refractivity (Wildman–Crippen MR) is 80.3 cm³/mol. The number of hydrogen-bond donors (Lipinski definition) is 4. The third kappa shape index (κ3) is 5.73. The Morgan fingerprint density at radius 2 is 2.14 bits per heavy atom. The minimum Gasteiger partial charge on any atom is -0.506 e. The van der Waals surface area contributed by atoms with Gasteiger partial charge in [0.15, 0.2) is 0 Å². The molecular formula is C14H14ClN3O4. The number of carboxylic acid groups (broad SMARTS) is 1. The Bertz CT molecular complexity index is 637. The number of amides is 1. The van der Waals surface area contributed by atoms with Crippen LogP contribution in [-0.2, 0) is 9.59 Å². The van der Waals surface area contributed by atoms with Crippen LogP contribution >= 0.6 is 11.6 Å². The van der Waals surface area contributed by atoms with Crippen LogP contribution < -0.4 is 10.6 Å². The Balaban J connectivity index is 2.62. The number of anilines is 1. The fourth-order valence-electron chi connectivity index (χ4n) is 1.46. The fraction of sp³-hybridized carbons (Fsp3) is 0.214. The number of halogens is 1. The van der Waals surface area contributed by atoms with Crippen molar-refractivity contribution in [2.24, 2.45) is 0 Å². The molecule has 4 N–H and O–H groups in total. The van der Waals surface area contributed by atoms with Gasteiger partial charge in [-0.3, -0.25) is 9.59 Å². The van der Waals surface area contributed by atoms with E-state index >= 15 is 0 Å². The standard InChI is InChI=1S/C14H14ClN3O4/c15-10-3-4-12(19)11(6-10)18-8-9(7-16)14(22)17-5-1-2-13(20)21/h3-4,6,8,18-19H,1-2,5H2,(H,17,22)(H,20,21)/b9-8-. The van der Waals surface area contributed by atoms with Gasteiger partial charge >= 0.3 is 5.97 Å². The van der Waals surface area contributed by atoms with E-state index in [1.165, 1.54) is 18.2 Å². The van der Waals surface area contributed by atoms with E-state index in [4.69, 9.17) is 22.0 Å². The zero-order valence-corrected chi connectivity index (χ0v) is 12.2. The van der Waals surface area contributed by atoms with Crippen LogP contribution in [0.2, 0.25) is 5.02 Å². The van der Waals surface area contributed by atoms with E-state index in [9.17, 15) is 14.7 Å². The maximum Gasteiger partial charge on any atom is 0.303 e. The van der Waals surface area contributed by atoms with Gasteiger partial charge in [-0.15, -0.1) is 0 Å². The maximum atomic E-state index is 11.7. The number of nitriles is 1. The summed E-state index contributed by atoms with van der Waals surface area (Å²) < 4.78 is 0. The molecule has 0 heterocycles. The number of phenolic OH excluding ortho intramolecular Hbond substituents is 1. The van der Waals surface area contributed by atoms with E-state index in [2.05, 4.69) is 10.6 Å². The zero-order chi connectivity index (χ0) is 16.5. The molecule has 116 valence electrons. The Hall–Kier alpha value is -2.72. The average molecular weight is 324 g/mol. The second kappa shape index (κ2) is 8.54. The number of benzene rings is 1. The van der Waals surface area contributed by atoms with E-state index in [1.54, 1.807) is 6.07 Å². The van der Waals surface area contributed by atoms with Crippen LogP contribution in [0.15, 0.2) is 30.0 Å². The topological polar surface area (TPSA) is 122 Å². The van der Waals surface area contributed by atoms with Gasteiger partial charge in [0.05, 0.1) is 5.69 Å². The highest BCUT2D eigenvalue weighted by Crippen LogP contribution is 2.26. The van der Waals surface area contributed by atoms with Crippen molar-refractivity contribution < 1.29 is 19.8 Å². The monoisotopic (exact) mass is 323 g/mol. The molecule has 0 atom stereocenters. The number of carbonyl (C=O) groups excluding carboxylic acids is 1. The zero-order valence-electron chi connectivity index (χ0n) is 11.5. The first-order valence-electron chi connectivity index (χ1n) is 6.29. The smallest absolute Gasteiger partial charge is 0.303 e. The number of carboxylic acids is 1. The number of phenols is 1. The van der Waals surface area contributed by atoms with Crippen LogP contribution in [0.3, 0.4) is 0 Å². The fourth-order valence-corrected chi connectivity index (χ4v) is 1.63. The molecule has 0 fully saturated rings. The van der Waals surface area contributed by atoms with E-state index in [-0.39, 0.29) is 36.4 Å². The molecule has 0 spiro atoms. The van der Waals surface area contributed by atoms with Crippen molar-refractivity contribution in [2.75, 3.05) is 11.9 Å². The van der Waals surface area contributed by atoms with Crippen molar-refractivity contribution >= 4 is 29.2 Å². The summed E-state index contributed by atoms with van der Waals surface area (Å²) in [6.07, 6.45) is 1.33. The molecule has 0 aliphatic carbocycles. The summed E-state index contributed by atoms with van der Waals surface area (Å²) in [5.41, 5.74) is 0.0358.